The van der Waals surface area contributed by atoms with Crippen molar-refractivity contribution in [3.8, 4) is 0 Å². The maximum atomic E-state index is 4.88. The molecule has 1 aliphatic rings. The van der Waals surface area contributed by atoms with E-state index < -0.39 is 0 Å². The number of aryl methyl sites for hydroxylation is 1. The Hall–Kier alpha value is -3.55. The zero-order chi connectivity index (χ0) is 24.2. The molecule has 1 atom stereocenters. The van der Waals surface area contributed by atoms with E-state index in [1.54, 1.807) is 6.20 Å². The van der Waals surface area contributed by atoms with Gasteiger partial charge in [-0.3, -0.25) is 9.88 Å². The van der Waals surface area contributed by atoms with Gasteiger partial charge in [-0.2, -0.15) is 0 Å². The van der Waals surface area contributed by atoms with Crippen LogP contribution in [0.3, 0.4) is 0 Å². The van der Waals surface area contributed by atoms with E-state index in [0.717, 1.165) is 55.2 Å². The predicted molar refractivity (Wildman–Crippen MR) is 154 cm³/mol. The molecule has 0 saturated heterocycles. The van der Waals surface area contributed by atoms with Gasteiger partial charge >= 0.3 is 0 Å². The van der Waals surface area contributed by atoms with E-state index in [0.29, 0.717) is 0 Å². The number of hydrogen-bond donors (Lipinski definition) is 2. The molecule has 3 aromatic heterocycles. The summed E-state index contributed by atoms with van der Waals surface area (Å²) in [6.07, 6.45) is 7.13. The Morgan fingerprint density at radius 2 is 1.65 bits per heavy atom. The molecule has 37 heavy (non-hydrogen) atoms. The van der Waals surface area contributed by atoms with Crippen LogP contribution in [-0.2, 0) is 26.1 Å². The number of H-pyrrole nitrogens is 1. The summed E-state index contributed by atoms with van der Waals surface area (Å²) in [7, 11) is 0. The Morgan fingerprint density at radius 1 is 0.838 bits per heavy atom. The Kier molecular flexibility index (Phi) is 7.92. The molecule has 7 heteroatoms. The molecule has 6 nitrogen and oxygen atoms in total. The van der Waals surface area contributed by atoms with Crippen LogP contribution in [0.4, 0.5) is 5.82 Å². The largest absolute Gasteiger partial charge is 0.366 e. The second kappa shape index (κ2) is 11.7. The third-order valence-corrected chi connectivity index (χ3v) is 6.94. The third kappa shape index (κ3) is 5.89. The zero-order valence-corrected chi connectivity index (χ0v) is 22.4. The number of halogens is 1. The summed E-state index contributed by atoms with van der Waals surface area (Å²) in [6.45, 7) is 2.34. The van der Waals surface area contributed by atoms with Gasteiger partial charge in [0, 0.05) is 25.5 Å². The Balaban J connectivity index is 0.00000280. The number of nitrogens with zero attached hydrogens (tertiary/aromatic N) is 4. The lowest BCUT2D eigenvalue weighted by Gasteiger charge is -2.34. The first-order valence-corrected chi connectivity index (χ1v) is 12.7. The van der Waals surface area contributed by atoms with Gasteiger partial charge in [-0.15, -0.1) is 17.0 Å². The summed E-state index contributed by atoms with van der Waals surface area (Å²) in [6, 6.07) is 27.6. The van der Waals surface area contributed by atoms with Gasteiger partial charge in [-0.05, 0) is 66.3 Å². The van der Waals surface area contributed by atoms with E-state index >= 15 is 0 Å². The molecule has 1 aliphatic carbocycles. The molecule has 2 aromatic carbocycles. The highest BCUT2D eigenvalue weighted by Crippen LogP contribution is 2.34. The van der Waals surface area contributed by atoms with Crippen molar-refractivity contribution in [3.63, 3.8) is 0 Å². The van der Waals surface area contributed by atoms with Crippen molar-refractivity contribution in [3.05, 3.63) is 119 Å². The molecule has 2 N–H and O–H groups in total. The molecule has 0 radical (unpaired) electrons. The molecule has 0 amide bonds. The summed E-state index contributed by atoms with van der Waals surface area (Å²) >= 11 is 0. The topological polar surface area (TPSA) is 69.7 Å². The smallest absolute Gasteiger partial charge is 0.126 e. The highest BCUT2D eigenvalue weighted by atomic mass is 79.9. The highest BCUT2D eigenvalue weighted by molar-refractivity contribution is 8.93. The summed E-state index contributed by atoms with van der Waals surface area (Å²) in [5, 5.41) is 3.39. The van der Waals surface area contributed by atoms with Gasteiger partial charge < -0.3 is 10.3 Å². The van der Waals surface area contributed by atoms with E-state index in [-0.39, 0.29) is 23.0 Å². The number of imidazole rings is 1. The van der Waals surface area contributed by atoms with Crippen LogP contribution in [0.1, 0.15) is 47.1 Å². The lowest BCUT2D eigenvalue weighted by Crippen LogP contribution is -2.31. The summed E-state index contributed by atoms with van der Waals surface area (Å²) in [4.78, 5) is 20.1. The van der Waals surface area contributed by atoms with E-state index in [1.807, 2.05) is 36.5 Å². The first kappa shape index (κ1) is 25.1. The molecule has 0 aliphatic heterocycles. The summed E-state index contributed by atoms with van der Waals surface area (Å²) in [5.74, 6) is 1.89. The Bertz CT molecular complexity index is 1400. The maximum Gasteiger partial charge on any atom is 0.126 e. The average molecular weight is 556 g/mol. The standard InChI is InChI=1S/C30H30N6.BrH/c1-2-10-26-25(9-1)34-29(35-26)21-36(27-11-5-7-24-8-6-18-32-30(24)27)20-23-15-13-22(14-16-23)19-33-28-12-3-4-17-31-28;/h1-4,6,8-10,12-18,27H,5,7,11,19-21H2,(H,31,33)(H,34,35);1H. The quantitative estimate of drug-likeness (QED) is 0.225. The minimum atomic E-state index is 0. The normalized spacial score (nSPS) is 14.8. The minimum Gasteiger partial charge on any atom is -0.366 e. The number of nitrogens with one attached hydrogen (secondary N) is 2. The monoisotopic (exact) mass is 554 g/mol. The number of aromatic amines is 1. The van der Waals surface area contributed by atoms with Gasteiger partial charge in [-0.25, -0.2) is 9.97 Å². The molecular formula is C30H31BrN6. The van der Waals surface area contributed by atoms with Gasteiger partial charge in [-0.1, -0.05) is 48.5 Å². The maximum absolute atomic E-state index is 4.88. The van der Waals surface area contributed by atoms with Gasteiger partial charge in [0.15, 0.2) is 0 Å². The second-order valence-corrected chi connectivity index (χ2v) is 9.45. The van der Waals surface area contributed by atoms with Crippen molar-refractivity contribution in [2.75, 3.05) is 5.32 Å². The number of rotatable bonds is 8. The number of fused-ring (bicyclic) bond motifs is 2. The molecule has 3 heterocycles. The third-order valence-electron chi connectivity index (χ3n) is 6.94. The lowest BCUT2D eigenvalue weighted by atomic mass is 9.90. The number of anilines is 1. The predicted octanol–water partition coefficient (Wildman–Crippen LogP) is 6.62. The van der Waals surface area contributed by atoms with Gasteiger partial charge in [0.25, 0.3) is 0 Å². The first-order chi connectivity index (χ1) is 17.8. The van der Waals surface area contributed by atoms with Crippen molar-refractivity contribution >= 4 is 33.8 Å². The van der Waals surface area contributed by atoms with Crippen molar-refractivity contribution < 1.29 is 0 Å². The average Bonchev–Trinajstić information content (AvgIpc) is 3.35. The van der Waals surface area contributed by atoms with Crippen LogP contribution in [0.2, 0.25) is 0 Å². The van der Waals surface area contributed by atoms with E-state index in [4.69, 9.17) is 9.97 Å². The molecular weight excluding hydrogens is 524 g/mol. The zero-order valence-electron chi connectivity index (χ0n) is 20.7. The summed E-state index contributed by atoms with van der Waals surface area (Å²) < 4.78 is 0. The molecule has 0 fully saturated rings. The molecule has 0 spiro atoms. The van der Waals surface area contributed by atoms with Gasteiger partial charge in [0.1, 0.15) is 11.6 Å². The molecule has 188 valence electrons. The SMILES string of the molecule is Br.c1ccc(NCc2ccc(CN(Cc3nc4ccccc4[nH]3)C3CCCc4cccnc43)cc2)nc1. The number of hydrogen-bond acceptors (Lipinski definition) is 5. The van der Waals surface area contributed by atoms with Crippen molar-refractivity contribution in [2.24, 2.45) is 0 Å². The fourth-order valence-corrected chi connectivity index (χ4v) is 5.15. The first-order valence-electron chi connectivity index (χ1n) is 12.7. The molecule has 6 rings (SSSR count). The van der Waals surface area contributed by atoms with Crippen LogP contribution in [0.15, 0.2) is 91.3 Å². The number of pyridine rings is 2. The van der Waals surface area contributed by atoms with E-state index in [9.17, 15) is 0 Å². The lowest BCUT2D eigenvalue weighted by molar-refractivity contribution is 0.153. The molecule has 5 aromatic rings. The molecule has 1 unspecified atom stereocenters. The Labute approximate surface area is 228 Å². The van der Waals surface area contributed by atoms with Crippen LogP contribution < -0.4 is 5.32 Å². The molecule has 0 bridgehead atoms. The number of para-hydroxylation sites is 2. The van der Waals surface area contributed by atoms with Crippen molar-refractivity contribution in [1.29, 1.82) is 0 Å². The van der Waals surface area contributed by atoms with E-state index in [2.05, 4.69) is 68.7 Å². The number of benzene rings is 2. The fourth-order valence-electron chi connectivity index (χ4n) is 5.15. The van der Waals surface area contributed by atoms with Gasteiger partial charge in [0.2, 0.25) is 0 Å². The van der Waals surface area contributed by atoms with Crippen LogP contribution in [0.5, 0.6) is 0 Å². The van der Waals surface area contributed by atoms with Crippen LogP contribution in [0.25, 0.3) is 11.0 Å². The highest BCUT2D eigenvalue weighted by Gasteiger charge is 2.28. The minimum absolute atomic E-state index is 0. The number of aromatic nitrogens is 4. The summed E-state index contributed by atoms with van der Waals surface area (Å²) in [5.41, 5.74) is 7.21. The van der Waals surface area contributed by atoms with Crippen LogP contribution >= 0.6 is 17.0 Å². The van der Waals surface area contributed by atoms with Crippen molar-refractivity contribution in [1.82, 2.24) is 24.8 Å². The van der Waals surface area contributed by atoms with Gasteiger partial charge in [0.05, 0.1) is 29.3 Å². The fraction of sp³-hybridized carbons (Fsp3) is 0.233. The van der Waals surface area contributed by atoms with Crippen molar-refractivity contribution in [2.45, 2.75) is 44.9 Å². The second-order valence-electron chi connectivity index (χ2n) is 9.45. The Morgan fingerprint density at radius 3 is 2.49 bits per heavy atom. The van der Waals surface area contributed by atoms with Crippen LogP contribution in [0, 0.1) is 0 Å². The molecule has 0 saturated carbocycles. The van der Waals surface area contributed by atoms with E-state index in [1.165, 1.54) is 28.8 Å². The van der Waals surface area contributed by atoms with Crippen LogP contribution in [-0.4, -0.2) is 24.8 Å².